The van der Waals surface area contributed by atoms with Crippen LogP contribution >= 0.6 is 11.3 Å². The Morgan fingerprint density at radius 1 is 1.29 bits per heavy atom. The molecule has 2 heterocycles. The normalized spacial score (nSPS) is 35.4. The van der Waals surface area contributed by atoms with E-state index in [1.54, 1.807) is 0 Å². The van der Waals surface area contributed by atoms with Crippen molar-refractivity contribution in [1.82, 2.24) is 4.98 Å². The minimum absolute atomic E-state index is 0.254. The van der Waals surface area contributed by atoms with E-state index in [4.69, 9.17) is 10.7 Å². The van der Waals surface area contributed by atoms with E-state index in [9.17, 15) is 0 Å². The molecule has 1 saturated heterocycles. The van der Waals surface area contributed by atoms with Crippen molar-refractivity contribution in [3.63, 3.8) is 0 Å². The summed E-state index contributed by atoms with van der Waals surface area (Å²) in [6.07, 6.45) is 7.70. The molecule has 0 radical (unpaired) electrons. The number of rotatable bonds is 1. The van der Waals surface area contributed by atoms with Crippen molar-refractivity contribution in [2.45, 2.75) is 50.6 Å². The minimum atomic E-state index is 0.254. The third-order valence-electron chi connectivity index (χ3n) is 4.64. The highest BCUT2D eigenvalue weighted by atomic mass is 32.1. The van der Waals surface area contributed by atoms with Crippen LogP contribution in [0.15, 0.2) is 0 Å². The van der Waals surface area contributed by atoms with Crippen LogP contribution in [0.3, 0.4) is 0 Å². The van der Waals surface area contributed by atoms with Gasteiger partial charge in [0.1, 0.15) is 0 Å². The summed E-state index contributed by atoms with van der Waals surface area (Å²) >= 11 is 1.87. The van der Waals surface area contributed by atoms with Crippen molar-refractivity contribution >= 4 is 16.5 Å². The van der Waals surface area contributed by atoms with Crippen molar-refractivity contribution in [3.05, 3.63) is 10.6 Å². The highest BCUT2D eigenvalue weighted by molar-refractivity contribution is 7.15. The van der Waals surface area contributed by atoms with Gasteiger partial charge in [0, 0.05) is 23.5 Å². The predicted octanol–water partition coefficient (Wildman–Crippen LogP) is 2.47. The third kappa shape index (κ3) is 1.54. The van der Waals surface area contributed by atoms with Crippen LogP contribution in [-0.4, -0.2) is 17.6 Å². The molecule has 17 heavy (non-hydrogen) atoms. The molecule has 1 aliphatic heterocycles. The van der Waals surface area contributed by atoms with Crippen LogP contribution in [0.4, 0.5) is 5.13 Å². The fourth-order valence-electron chi connectivity index (χ4n) is 3.72. The van der Waals surface area contributed by atoms with Crippen molar-refractivity contribution in [3.8, 4) is 0 Å². The minimum Gasteiger partial charge on any atom is -0.345 e. The Bertz CT molecular complexity index is 442. The molecular weight excluding hydrogens is 230 g/mol. The first-order chi connectivity index (χ1) is 8.31. The zero-order valence-electron chi connectivity index (χ0n) is 10.1. The lowest BCUT2D eigenvalue weighted by Gasteiger charge is -2.26. The number of hydrogen-bond donors (Lipinski definition) is 1. The lowest BCUT2D eigenvalue weighted by Crippen LogP contribution is -2.31. The number of thiazole rings is 1. The summed E-state index contributed by atoms with van der Waals surface area (Å²) in [6, 6.07) is 1.04. The Labute approximate surface area is 106 Å². The molecule has 2 aliphatic carbocycles. The number of nitrogens with two attached hydrogens (primary N) is 1. The molecule has 0 aromatic carbocycles. The standard InChI is InChI=1S/C13H19N3S/c14-10-2-1-3-11-12(10)17-13(15-11)16-7-8-4-5-9(16)6-8/h8-10H,1-7,14H2. The van der Waals surface area contributed by atoms with Crippen LogP contribution in [-0.2, 0) is 6.42 Å². The van der Waals surface area contributed by atoms with Crippen LogP contribution in [0, 0.1) is 5.92 Å². The van der Waals surface area contributed by atoms with E-state index in [0.29, 0.717) is 0 Å². The van der Waals surface area contributed by atoms with Crippen LogP contribution in [0.5, 0.6) is 0 Å². The zero-order chi connectivity index (χ0) is 11.4. The third-order valence-corrected chi connectivity index (χ3v) is 5.90. The van der Waals surface area contributed by atoms with E-state index in [1.807, 2.05) is 11.3 Å². The second kappa shape index (κ2) is 3.69. The first-order valence-electron chi connectivity index (χ1n) is 6.83. The Hall–Kier alpha value is -0.610. The van der Waals surface area contributed by atoms with Gasteiger partial charge in [0.05, 0.1) is 5.69 Å². The summed E-state index contributed by atoms with van der Waals surface area (Å²) < 4.78 is 0. The van der Waals surface area contributed by atoms with Gasteiger partial charge >= 0.3 is 0 Å². The first-order valence-corrected chi connectivity index (χ1v) is 7.65. The Morgan fingerprint density at radius 2 is 2.24 bits per heavy atom. The average molecular weight is 249 g/mol. The molecule has 4 heteroatoms. The van der Waals surface area contributed by atoms with E-state index in [-0.39, 0.29) is 6.04 Å². The zero-order valence-corrected chi connectivity index (χ0v) is 10.9. The molecule has 3 atom stereocenters. The summed E-state index contributed by atoms with van der Waals surface area (Å²) in [4.78, 5) is 8.80. The SMILES string of the molecule is NC1CCCc2nc(N3CC4CCC3C4)sc21. The fourth-order valence-corrected chi connectivity index (χ4v) is 4.95. The fraction of sp³-hybridized carbons (Fsp3) is 0.769. The predicted molar refractivity (Wildman–Crippen MR) is 70.5 cm³/mol. The van der Waals surface area contributed by atoms with Gasteiger partial charge in [-0.05, 0) is 44.4 Å². The highest BCUT2D eigenvalue weighted by Gasteiger charge is 2.39. The Morgan fingerprint density at radius 3 is 2.94 bits per heavy atom. The molecule has 4 rings (SSSR count). The number of anilines is 1. The molecule has 2 N–H and O–H groups in total. The van der Waals surface area contributed by atoms with Gasteiger partial charge in [0.2, 0.25) is 0 Å². The van der Waals surface area contributed by atoms with Crippen LogP contribution in [0.2, 0.25) is 0 Å². The van der Waals surface area contributed by atoms with Gasteiger partial charge < -0.3 is 10.6 Å². The summed E-state index contributed by atoms with van der Waals surface area (Å²) in [6.45, 7) is 1.24. The molecule has 1 aromatic heterocycles. The largest absolute Gasteiger partial charge is 0.345 e. The van der Waals surface area contributed by atoms with Gasteiger partial charge in [-0.3, -0.25) is 0 Å². The summed E-state index contributed by atoms with van der Waals surface area (Å²) in [5, 5.41) is 1.26. The lowest BCUT2D eigenvalue weighted by atomic mass is 9.99. The lowest BCUT2D eigenvalue weighted by molar-refractivity contribution is 0.551. The van der Waals surface area contributed by atoms with Crippen LogP contribution in [0.25, 0.3) is 0 Å². The molecule has 3 unspecified atom stereocenters. The van der Waals surface area contributed by atoms with Gasteiger partial charge in [0.25, 0.3) is 0 Å². The second-order valence-corrected chi connectivity index (χ2v) is 6.80. The first kappa shape index (κ1) is 10.3. The van der Waals surface area contributed by atoms with Crippen LogP contribution in [0.1, 0.15) is 48.7 Å². The number of aryl methyl sites for hydroxylation is 1. The van der Waals surface area contributed by atoms with E-state index in [2.05, 4.69) is 4.90 Å². The summed E-state index contributed by atoms with van der Waals surface area (Å²) in [5.41, 5.74) is 7.48. The van der Waals surface area contributed by atoms with Crippen molar-refractivity contribution in [2.75, 3.05) is 11.4 Å². The Balaban J connectivity index is 1.66. The maximum absolute atomic E-state index is 6.19. The quantitative estimate of drug-likeness (QED) is 0.831. The molecule has 92 valence electrons. The molecular formula is C13H19N3S. The van der Waals surface area contributed by atoms with Gasteiger partial charge in [-0.15, -0.1) is 0 Å². The summed E-state index contributed by atoms with van der Waals surface area (Å²) in [5.74, 6) is 0.939. The van der Waals surface area contributed by atoms with Crippen molar-refractivity contribution < 1.29 is 0 Å². The topological polar surface area (TPSA) is 42.1 Å². The van der Waals surface area contributed by atoms with Gasteiger partial charge in [0.15, 0.2) is 5.13 Å². The van der Waals surface area contributed by atoms with Crippen LogP contribution < -0.4 is 10.6 Å². The molecule has 0 amide bonds. The molecule has 2 fully saturated rings. The molecule has 0 spiro atoms. The number of hydrogen-bond acceptors (Lipinski definition) is 4. The highest BCUT2D eigenvalue weighted by Crippen LogP contribution is 2.44. The van der Waals surface area contributed by atoms with Gasteiger partial charge in [-0.25, -0.2) is 4.98 Å². The number of fused-ring (bicyclic) bond motifs is 3. The van der Waals surface area contributed by atoms with Crippen molar-refractivity contribution in [1.29, 1.82) is 0 Å². The van der Waals surface area contributed by atoms with Gasteiger partial charge in [-0.2, -0.15) is 0 Å². The molecule has 3 aliphatic rings. The van der Waals surface area contributed by atoms with E-state index < -0.39 is 0 Å². The monoisotopic (exact) mass is 249 g/mol. The smallest absolute Gasteiger partial charge is 0.186 e. The second-order valence-electron chi connectivity index (χ2n) is 5.79. The molecule has 2 bridgehead atoms. The van der Waals surface area contributed by atoms with Crippen molar-refractivity contribution in [2.24, 2.45) is 11.7 Å². The number of piperidine rings is 1. The van der Waals surface area contributed by atoms with E-state index in [0.717, 1.165) is 24.8 Å². The maximum Gasteiger partial charge on any atom is 0.186 e. The van der Waals surface area contributed by atoms with E-state index in [1.165, 1.54) is 47.9 Å². The number of aromatic nitrogens is 1. The maximum atomic E-state index is 6.19. The van der Waals surface area contributed by atoms with Gasteiger partial charge in [-0.1, -0.05) is 11.3 Å². The Kier molecular flexibility index (Phi) is 2.24. The number of nitrogens with zero attached hydrogens (tertiary/aromatic N) is 2. The van der Waals surface area contributed by atoms with E-state index >= 15 is 0 Å². The summed E-state index contributed by atoms with van der Waals surface area (Å²) in [7, 11) is 0. The molecule has 1 saturated carbocycles. The average Bonchev–Trinajstić information content (AvgIpc) is 3.03. The molecule has 3 nitrogen and oxygen atoms in total. The molecule has 1 aromatic rings.